The first kappa shape index (κ1) is 20.7. The molecule has 0 radical (unpaired) electrons. The van der Waals surface area contributed by atoms with Crippen LogP contribution < -0.4 is 18.9 Å². The molecule has 0 aliphatic rings. The van der Waals surface area contributed by atoms with E-state index in [2.05, 4.69) is 0 Å². The molecule has 0 saturated carbocycles. The summed E-state index contributed by atoms with van der Waals surface area (Å²) in [5, 5.41) is 0.653. The van der Waals surface area contributed by atoms with Gasteiger partial charge in [-0.2, -0.15) is 0 Å². The number of benzene rings is 2. The highest BCUT2D eigenvalue weighted by atomic mass is 35.5. The van der Waals surface area contributed by atoms with E-state index in [9.17, 15) is 4.79 Å². The summed E-state index contributed by atoms with van der Waals surface area (Å²) in [5.41, 5.74) is 0.778. The molecule has 6 nitrogen and oxygen atoms in total. The van der Waals surface area contributed by atoms with E-state index in [1.165, 1.54) is 0 Å². The van der Waals surface area contributed by atoms with Crippen molar-refractivity contribution >= 4 is 17.5 Å². The summed E-state index contributed by atoms with van der Waals surface area (Å²) in [7, 11) is 6.37. The minimum absolute atomic E-state index is 0.0380. The monoisotopic (exact) mass is 393 g/mol. The maximum Gasteiger partial charge on any atom is 0.226 e. The van der Waals surface area contributed by atoms with Gasteiger partial charge in [-0.15, -0.1) is 0 Å². The zero-order valence-electron chi connectivity index (χ0n) is 16.0. The van der Waals surface area contributed by atoms with Gasteiger partial charge < -0.3 is 23.8 Å². The first-order chi connectivity index (χ1) is 13.0. The number of hydrogen-bond donors (Lipinski definition) is 0. The Morgan fingerprint density at radius 2 is 1.59 bits per heavy atom. The molecule has 0 spiro atoms. The van der Waals surface area contributed by atoms with Crippen LogP contribution >= 0.6 is 11.6 Å². The number of rotatable bonds is 9. The highest BCUT2D eigenvalue weighted by Gasteiger charge is 2.16. The highest BCUT2D eigenvalue weighted by molar-refractivity contribution is 6.30. The third-order valence-electron chi connectivity index (χ3n) is 4.01. The Labute approximate surface area is 164 Å². The molecule has 0 aromatic heterocycles. The Bertz CT molecular complexity index is 738. The maximum absolute atomic E-state index is 12.5. The van der Waals surface area contributed by atoms with Gasteiger partial charge in [0.05, 0.1) is 34.3 Å². The van der Waals surface area contributed by atoms with Crippen molar-refractivity contribution in [1.82, 2.24) is 4.90 Å². The summed E-state index contributed by atoms with van der Waals surface area (Å²) in [5.74, 6) is 2.22. The molecule has 27 heavy (non-hydrogen) atoms. The third kappa shape index (κ3) is 5.69. The van der Waals surface area contributed by atoms with E-state index in [4.69, 9.17) is 30.5 Å². The minimum atomic E-state index is -0.0380. The summed E-state index contributed by atoms with van der Waals surface area (Å²) in [6.07, 6.45) is 0.216. The van der Waals surface area contributed by atoms with Gasteiger partial charge in [0, 0.05) is 12.1 Å². The van der Waals surface area contributed by atoms with Crippen molar-refractivity contribution in [3.63, 3.8) is 0 Å². The number of nitrogens with zero attached hydrogens (tertiary/aromatic N) is 1. The lowest BCUT2D eigenvalue weighted by molar-refractivity contribution is -0.129. The normalized spacial score (nSPS) is 10.3. The molecule has 0 aliphatic carbocycles. The van der Waals surface area contributed by atoms with Gasteiger partial charge in [0.2, 0.25) is 11.7 Å². The summed E-state index contributed by atoms with van der Waals surface area (Å²) >= 11 is 5.84. The van der Waals surface area contributed by atoms with Crippen LogP contribution in [-0.2, 0) is 11.2 Å². The van der Waals surface area contributed by atoms with Crippen molar-refractivity contribution in [2.24, 2.45) is 0 Å². The average molecular weight is 394 g/mol. The minimum Gasteiger partial charge on any atom is -0.493 e. The van der Waals surface area contributed by atoms with Crippen molar-refractivity contribution in [3.05, 3.63) is 47.0 Å². The maximum atomic E-state index is 12.5. The van der Waals surface area contributed by atoms with Gasteiger partial charge in [0.15, 0.2) is 11.5 Å². The van der Waals surface area contributed by atoms with Crippen LogP contribution in [0.3, 0.4) is 0 Å². The van der Waals surface area contributed by atoms with Crippen LogP contribution in [0, 0.1) is 0 Å². The van der Waals surface area contributed by atoms with Crippen LogP contribution in [0.5, 0.6) is 23.0 Å². The fraction of sp³-hybridized carbons (Fsp3) is 0.350. The van der Waals surface area contributed by atoms with Crippen LogP contribution in [0.25, 0.3) is 0 Å². The molecule has 0 fully saturated rings. The first-order valence-electron chi connectivity index (χ1n) is 8.39. The zero-order valence-corrected chi connectivity index (χ0v) is 16.7. The Hall–Kier alpha value is -2.60. The van der Waals surface area contributed by atoms with Crippen molar-refractivity contribution < 1.29 is 23.7 Å². The van der Waals surface area contributed by atoms with E-state index in [-0.39, 0.29) is 12.3 Å². The van der Waals surface area contributed by atoms with E-state index in [0.29, 0.717) is 41.2 Å². The number of methoxy groups -OCH3 is 3. The molecule has 0 N–H and O–H groups in total. The summed E-state index contributed by atoms with van der Waals surface area (Å²) in [4.78, 5) is 14.1. The molecule has 0 heterocycles. The quantitative estimate of drug-likeness (QED) is 0.653. The molecule has 146 valence electrons. The molecule has 2 aromatic rings. The van der Waals surface area contributed by atoms with Crippen molar-refractivity contribution in [2.75, 3.05) is 41.5 Å². The SMILES string of the molecule is COc1cc(CC(=O)N(C)CCOc2ccc(Cl)cc2)cc(OC)c1OC. The molecule has 2 aromatic carbocycles. The molecular weight excluding hydrogens is 370 g/mol. The summed E-state index contributed by atoms with van der Waals surface area (Å²) in [6.45, 7) is 0.852. The van der Waals surface area contributed by atoms with Crippen molar-refractivity contribution in [1.29, 1.82) is 0 Å². The molecule has 1 amide bonds. The number of amides is 1. The zero-order chi connectivity index (χ0) is 19.8. The van der Waals surface area contributed by atoms with Gasteiger partial charge >= 0.3 is 0 Å². The Morgan fingerprint density at radius 3 is 2.11 bits per heavy atom. The molecule has 7 heteroatoms. The fourth-order valence-electron chi connectivity index (χ4n) is 2.50. The van der Waals surface area contributed by atoms with Crippen LogP contribution in [0.4, 0.5) is 0 Å². The Morgan fingerprint density at radius 1 is 1.00 bits per heavy atom. The Kier molecular flexibility index (Phi) is 7.61. The number of halogens is 1. The van der Waals surface area contributed by atoms with Crippen molar-refractivity contribution in [3.8, 4) is 23.0 Å². The van der Waals surface area contributed by atoms with Crippen LogP contribution in [0.15, 0.2) is 36.4 Å². The second-order valence-electron chi connectivity index (χ2n) is 5.83. The molecule has 0 bridgehead atoms. The second kappa shape index (κ2) is 9.92. The fourth-order valence-corrected chi connectivity index (χ4v) is 2.63. The number of likely N-dealkylation sites (N-methyl/N-ethyl adjacent to an activating group) is 1. The Balaban J connectivity index is 1.94. The summed E-state index contributed by atoms with van der Waals surface area (Å²) in [6, 6.07) is 10.7. The lowest BCUT2D eigenvalue weighted by atomic mass is 10.1. The standard InChI is InChI=1S/C20H24ClNO5/c1-22(9-10-27-16-7-5-15(21)6-8-16)19(23)13-14-11-17(24-2)20(26-4)18(12-14)25-3/h5-8,11-12H,9-10,13H2,1-4H3. The molecule has 0 atom stereocenters. The van der Waals surface area contributed by atoms with E-state index in [0.717, 1.165) is 5.56 Å². The smallest absolute Gasteiger partial charge is 0.226 e. The highest BCUT2D eigenvalue weighted by Crippen LogP contribution is 2.38. The van der Waals surface area contributed by atoms with Gasteiger partial charge in [-0.25, -0.2) is 0 Å². The average Bonchev–Trinajstić information content (AvgIpc) is 2.68. The molecular formula is C20H24ClNO5. The van der Waals surface area contributed by atoms with E-state index in [1.54, 1.807) is 69.7 Å². The predicted octanol–water partition coefficient (Wildman–Crippen LogP) is 3.45. The van der Waals surface area contributed by atoms with E-state index in [1.807, 2.05) is 0 Å². The topological polar surface area (TPSA) is 57.2 Å². The van der Waals surface area contributed by atoms with Gasteiger partial charge in [-0.05, 0) is 42.0 Å². The molecule has 0 unspecified atom stereocenters. The van der Waals surface area contributed by atoms with Crippen LogP contribution in [0.1, 0.15) is 5.56 Å². The van der Waals surface area contributed by atoms with Gasteiger partial charge in [0.25, 0.3) is 0 Å². The largest absolute Gasteiger partial charge is 0.493 e. The van der Waals surface area contributed by atoms with Gasteiger partial charge in [0.1, 0.15) is 12.4 Å². The molecule has 2 rings (SSSR count). The predicted molar refractivity (Wildman–Crippen MR) is 104 cm³/mol. The number of carbonyl (C=O) groups excluding carboxylic acids is 1. The van der Waals surface area contributed by atoms with Gasteiger partial charge in [-0.1, -0.05) is 11.6 Å². The third-order valence-corrected chi connectivity index (χ3v) is 4.27. The second-order valence-corrected chi connectivity index (χ2v) is 6.26. The number of hydrogen-bond acceptors (Lipinski definition) is 5. The number of carbonyl (C=O) groups is 1. The molecule has 0 aliphatic heterocycles. The molecule has 0 saturated heterocycles. The van der Waals surface area contributed by atoms with Gasteiger partial charge in [-0.3, -0.25) is 4.79 Å². The lowest BCUT2D eigenvalue weighted by Gasteiger charge is -2.19. The van der Waals surface area contributed by atoms with E-state index >= 15 is 0 Å². The lowest BCUT2D eigenvalue weighted by Crippen LogP contribution is -2.32. The summed E-state index contributed by atoms with van der Waals surface area (Å²) < 4.78 is 21.6. The van der Waals surface area contributed by atoms with Crippen LogP contribution in [0.2, 0.25) is 5.02 Å². The van der Waals surface area contributed by atoms with Crippen molar-refractivity contribution in [2.45, 2.75) is 6.42 Å². The number of ether oxygens (including phenoxy) is 4. The first-order valence-corrected chi connectivity index (χ1v) is 8.77. The van der Waals surface area contributed by atoms with Crippen LogP contribution in [-0.4, -0.2) is 52.3 Å². The van der Waals surface area contributed by atoms with E-state index < -0.39 is 0 Å².